The third-order valence-corrected chi connectivity index (χ3v) is 5.96. The summed E-state index contributed by atoms with van der Waals surface area (Å²) >= 11 is 0. The second-order valence-corrected chi connectivity index (χ2v) is 7.91. The molecule has 0 saturated heterocycles. The van der Waals surface area contributed by atoms with E-state index < -0.39 is 11.2 Å². The van der Waals surface area contributed by atoms with Crippen molar-refractivity contribution in [3.63, 3.8) is 0 Å². The number of nitrogens with one attached hydrogen (secondary N) is 1. The topological polar surface area (TPSA) is 73.1 Å². The Hall–Kier alpha value is -3.41. The maximum atomic E-state index is 12.8. The van der Waals surface area contributed by atoms with Crippen LogP contribution in [-0.2, 0) is 23.3 Å². The van der Waals surface area contributed by atoms with E-state index in [1.54, 1.807) is 0 Å². The highest BCUT2D eigenvalue weighted by atomic mass is 16.2. The van der Waals surface area contributed by atoms with Crippen molar-refractivity contribution in [2.24, 2.45) is 0 Å². The first kappa shape index (κ1) is 19.9. The van der Waals surface area contributed by atoms with Gasteiger partial charge in [-0.1, -0.05) is 67.1 Å². The van der Waals surface area contributed by atoms with Crippen LogP contribution in [0.5, 0.6) is 0 Å². The monoisotopic (exact) mass is 403 g/mol. The quantitative estimate of drug-likeness (QED) is 0.658. The van der Waals surface area contributed by atoms with Crippen LogP contribution in [0.4, 0.5) is 0 Å². The molecule has 1 saturated carbocycles. The lowest BCUT2D eigenvalue weighted by Crippen LogP contribution is -2.48. The first-order chi connectivity index (χ1) is 14.6. The van der Waals surface area contributed by atoms with E-state index >= 15 is 0 Å². The first-order valence-electron chi connectivity index (χ1n) is 10.2. The zero-order valence-electron chi connectivity index (χ0n) is 16.8. The fourth-order valence-electron chi connectivity index (χ4n) is 4.03. The molecule has 1 aliphatic rings. The second kappa shape index (κ2) is 8.53. The van der Waals surface area contributed by atoms with Crippen LogP contribution in [0, 0.1) is 0 Å². The standard InChI is InChI=1S/C24H25N3O3/c28-21(25-18-24(13-7-14-24)20-10-5-2-6-11-20)17-27-22(29)12-15-26(23(27)30)16-19-8-3-1-4-9-19/h1-6,8-12,15H,7,13-14,16-18H2,(H,25,28). The molecule has 1 N–H and O–H groups in total. The molecule has 1 amide bonds. The molecular weight excluding hydrogens is 378 g/mol. The lowest BCUT2D eigenvalue weighted by atomic mass is 9.64. The van der Waals surface area contributed by atoms with E-state index in [2.05, 4.69) is 17.4 Å². The summed E-state index contributed by atoms with van der Waals surface area (Å²) in [4.78, 5) is 37.6. The normalized spacial score (nSPS) is 14.7. The zero-order chi connectivity index (χ0) is 21.0. The Morgan fingerprint density at radius 3 is 2.23 bits per heavy atom. The number of carbonyl (C=O) groups excluding carboxylic acids is 1. The Bertz CT molecular complexity index is 1130. The fraction of sp³-hybridized carbons (Fsp3) is 0.292. The fourth-order valence-corrected chi connectivity index (χ4v) is 4.03. The van der Waals surface area contributed by atoms with Gasteiger partial charge >= 0.3 is 5.69 Å². The number of hydrogen-bond acceptors (Lipinski definition) is 3. The van der Waals surface area contributed by atoms with Crippen molar-refractivity contribution in [3.05, 3.63) is 105 Å². The van der Waals surface area contributed by atoms with Gasteiger partial charge in [0, 0.05) is 24.2 Å². The minimum absolute atomic E-state index is 0.0495. The highest BCUT2D eigenvalue weighted by Crippen LogP contribution is 2.43. The zero-order valence-corrected chi connectivity index (χ0v) is 16.8. The number of amides is 1. The number of hydrogen-bond donors (Lipinski definition) is 1. The van der Waals surface area contributed by atoms with Crippen molar-refractivity contribution in [3.8, 4) is 0 Å². The molecule has 154 valence electrons. The van der Waals surface area contributed by atoms with Crippen LogP contribution in [0.3, 0.4) is 0 Å². The van der Waals surface area contributed by atoms with Crippen molar-refractivity contribution >= 4 is 5.91 Å². The summed E-state index contributed by atoms with van der Waals surface area (Å²) in [5, 5.41) is 2.95. The molecule has 6 heteroatoms. The average Bonchev–Trinajstić information content (AvgIpc) is 2.74. The number of aromatic nitrogens is 2. The molecule has 0 bridgehead atoms. The first-order valence-corrected chi connectivity index (χ1v) is 10.2. The highest BCUT2D eigenvalue weighted by molar-refractivity contribution is 5.75. The van der Waals surface area contributed by atoms with Crippen LogP contribution in [0.1, 0.15) is 30.4 Å². The third-order valence-electron chi connectivity index (χ3n) is 5.96. The van der Waals surface area contributed by atoms with Crippen LogP contribution >= 0.6 is 0 Å². The largest absolute Gasteiger partial charge is 0.354 e. The predicted octanol–water partition coefficient (Wildman–Crippen LogP) is 2.30. The summed E-state index contributed by atoms with van der Waals surface area (Å²) in [6.45, 7) is 0.576. The summed E-state index contributed by atoms with van der Waals surface area (Å²) in [7, 11) is 0. The number of benzene rings is 2. The number of nitrogens with zero attached hydrogens (tertiary/aromatic N) is 2. The molecule has 1 fully saturated rings. The van der Waals surface area contributed by atoms with E-state index in [1.165, 1.54) is 22.4 Å². The molecule has 4 rings (SSSR count). The molecular formula is C24H25N3O3. The van der Waals surface area contributed by atoms with E-state index in [9.17, 15) is 14.4 Å². The van der Waals surface area contributed by atoms with Gasteiger partial charge in [-0.05, 0) is 24.0 Å². The van der Waals surface area contributed by atoms with Gasteiger partial charge in [0.1, 0.15) is 6.54 Å². The molecule has 6 nitrogen and oxygen atoms in total. The van der Waals surface area contributed by atoms with Gasteiger partial charge in [-0.15, -0.1) is 0 Å². The maximum Gasteiger partial charge on any atom is 0.331 e. The van der Waals surface area contributed by atoms with E-state index in [1.807, 2.05) is 48.5 Å². The number of rotatable bonds is 7. The van der Waals surface area contributed by atoms with E-state index in [0.29, 0.717) is 13.1 Å². The van der Waals surface area contributed by atoms with Crippen LogP contribution in [-0.4, -0.2) is 21.6 Å². The summed E-state index contributed by atoms with van der Waals surface area (Å²) in [6.07, 6.45) is 4.65. The van der Waals surface area contributed by atoms with Crippen molar-refractivity contribution < 1.29 is 4.79 Å². The van der Waals surface area contributed by atoms with Gasteiger partial charge < -0.3 is 5.32 Å². The molecule has 0 aliphatic heterocycles. The molecule has 0 atom stereocenters. The molecule has 1 aliphatic carbocycles. The summed E-state index contributed by atoms with van der Waals surface area (Å²) < 4.78 is 2.44. The molecule has 0 radical (unpaired) electrons. The molecule has 1 aromatic heterocycles. The molecule has 3 aromatic rings. The summed E-state index contributed by atoms with van der Waals surface area (Å²) in [5.74, 6) is -0.325. The third kappa shape index (κ3) is 4.13. The molecule has 0 unspecified atom stereocenters. The Morgan fingerprint density at radius 1 is 0.933 bits per heavy atom. The van der Waals surface area contributed by atoms with Crippen molar-refractivity contribution in [1.82, 2.24) is 14.5 Å². The predicted molar refractivity (Wildman–Crippen MR) is 115 cm³/mol. The lowest BCUT2D eigenvalue weighted by molar-refractivity contribution is -0.122. The highest BCUT2D eigenvalue weighted by Gasteiger charge is 2.38. The van der Waals surface area contributed by atoms with Gasteiger partial charge in [-0.2, -0.15) is 0 Å². The van der Waals surface area contributed by atoms with E-state index in [4.69, 9.17) is 0 Å². The van der Waals surface area contributed by atoms with Crippen molar-refractivity contribution in [1.29, 1.82) is 0 Å². The van der Waals surface area contributed by atoms with E-state index in [0.717, 1.165) is 29.4 Å². The van der Waals surface area contributed by atoms with Gasteiger partial charge in [0.2, 0.25) is 5.91 Å². The van der Waals surface area contributed by atoms with E-state index in [-0.39, 0.29) is 17.9 Å². The Balaban J connectivity index is 1.46. The Kier molecular flexibility index (Phi) is 5.65. The smallest absolute Gasteiger partial charge is 0.331 e. The lowest BCUT2D eigenvalue weighted by Gasteiger charge is -2.42. The van der Waals surface area contributed by atoms with Gasteiger partial charge in [0.05, 0.1) is 6.54 Å². The summed E-state index contributed by atoms with van der Waals surface area (Å²) in [5.41, 5.74) is 1.16. The van der Waals surface area contributed by atoms with Gasteiger partial charge in [0.15, 0.2) is 0 Å². The van der Waals surface area contributed by atoms with Crippen LogP contribution in [0.2, 0.25) is 0 Å². The van der Waals surface area contributed by atoms with Gasteiger partial charge in [-0.25, -0.2) is 4.79 Å². The molecule has 30 heavy (non-hydrogen) atoms. The summed E-state index contributed by atoms with van der Waals surface area (Å²) in [6, 6.07) is 21.0. The van der Waals surface area contributed by atoms with Gasteiger partial charge in [-0.3, -0.25) is 18.7 Å². The van der Waals surface area contributed by atoms with Crippen molar-refractivity contribution in [2.75, 3.05) is 6.54 Å². The minimum atomic E-state index is -0.483. The minimum Gasteiger partial charge on any atom is -0.354 e. The van der Waals surface area contributed by atoms with Gasteiger partial charge in [0.25, 0.3) is 5.56 Å². The second-order valence-electron chi connectivity index (χ2n) is 7.91. The van der Waals surface area contributed by atoms with Crippen molar-refractivity contribution in [2.45, 2.75) is 37.8 Å². The Labute approximate surface area is 174 Å². The molecule has 1 heterocycles. The average molecular weight is 403 g/mol. The van der Waals surface area contributed by atoms with Crippen LogP contribution in [0.25, 0.3) is 0 Å². The molecule has 0 spiro atoms. The molecule has 2 aromatic carbocycles. The Morgan fingerprint density at radius 2 is 1.60 bits per heavy atom. The maximum absolute atomic E-state index is 12.8. The SMILES string of the molecule is O=C(Cn1c(=O)ccn(Cc2ccccc2)c1=O)NCC1(c2ccccc2)CCC1. The van der Waals surface area contributed by atoms with Crippen LogP contribution < -0.4 is 16.6 Å². The number of carbonyl (C=O) groups is 1. The van der Waals surface area contributed by atoms with Crippen LogP contribution in [0.15, 0.2) is 82.5 Å².